The molecule has 2 aromatic carbocycles. The van der Waals surface area contributed by atoms with E-state index in [9.17, 15) is 4.79 Å². The van der Waals surface area contributed by atoms with E-state index in [4.69, 9.17) is 32.7 Å². The van der Waals surface area contributed by atoms with Gasteiger partial charge in [-0.3, -0.25) is 4.79 Å². The fourth-order valence-electron chi connectivity index (χ4n) is 1.69. The lowest BCUT2D eigenvalue weighted by molar-refractivity contribution is -0.123. The van der Waals surface area contributed by atoms with E-state index in [0.29, 0.717) is 28.9 Å². The lowest BCUT2D eigenvalue weighted by Crippen LogP contribution is -2.32. The SMILES string of the molecule is O=C(COc1c(Cl)cccc1Cl)NCCOc1ccccc1. The quantitative estimate of drug-likeness (QED) is 0.784. The van der Waals surface area contributed by atoms with Gasteiger partial charge in [-0.1, -0.05) is 47.5 Å². The summed E-state index contributed by atoms with van der Waals surface area (Å²) < 4.78 is 10.8. The van der Waals surface area contributed by atoms with Crippen LogP contribution in [0.4, 0.5) is 0 Å². The van der Waals surface area contributed by atoms with Crippen molar-refractivity contribution < 1.29 is 14.3 Å². The first kappa shape index (κ1) is 16.5. The van der Waals surface area contributed by atoms with Crippen LogP contribution >= 0.6 is 23.2 Å². The van der Waals surface area contributed by atoms with Crippen molar-refractivity contribution >= 4 is 29.1 Å². The Morgan fingerprint density at radius 2 is 1.64 bits per heavy atom. The highest BCUT2D eigenvalue weighted by atomic mass is 35.5. The molecule has 22 heavy (non-hydrogen) atoms. The Hall–Kier alpha value is -1.91. The molecule has 0 fully saturated rings. The highest BCUT2D eigenvalue weighted by Crippen LogP contribution is 2.32. The molecule has 0 radical (unpaired) electrons. The zero-order chi connectivity index (χ0) is 15.8. The average molecular weight is 340 g/mol. The summed E-state index contributed by atoms with van der Waals surface area (Å²) in [4.78, 5) is 11.7. The molecule has 0 aliphatic heterocycles. The Balaban J connectivity index is 1.68. The summed E-state index contributed by atoms with van der Waals surface area (Å²) in [5.41, 5.74) is 0. The molecular weight excluding hydrogens is 325 g/mol. The minimum absolute atomic E-state index is 0.158. The summed E-state index contributed by atoms with van der Waals surface area (Å²) in [6, 6.07) is 14.4. The van der Waals surface area contributed by atoms with Crippen LogP contribution in [0, 0.1) is 0 Å². The van der Waals surface area contributed by atoms with Crippen molar-refractivity contribution in [1.29, 1.82) is 0 Å². The average Bonchev–Trinajstić information content (AvgIpc) is 2.52. The topological polar surface area (TPSA) is 47.6 Å². The molecule has 1 amide bonds. The molecule has 0 aromatic heterocycles. The maximum atomic E-state index is 11.7. The molecule has 0 saturated heterocycles. The highest BCUT2D eigenvalue weighted by molar-refractivity contribution is 6.37. The summed E-state index contributed by atoms with van der Waals surface area (Å²) in [5, 5.41) is 3.42. The highest BCUT2D eigenvalue weighted by Gasteiger charge is 2.09. The number of hydrogen-bond acceptors (Lipinski definition) is 3. The van der Waals surface area contributed by atoms with Gasteiger partial charge in [-0.15, -0.1) is 0 Å². The van der Waals surface area contributed by atoms with Gasteiger partial charge in [0, 0.05) is 0 Å². The van der Waals surface area contributed by atoms with Crippen LogP contribution in [0.25, 0.3) is 0 Å². The summed E-state index contributed by atoms with van der Waals surface area (Å²) in [6.45, 7) is 0.602. The number of hydrogen-bond donors (Lipinski definition) is 1. The third kappa shape index (κ3) is 5.13. The van der Waals surface area contributed by atoms with Gasteiger partial charge in [-0.2, -0.15) is 0 Å². The van der Waals surface area contributed by atoms with E-state index in [1.54, 1.807) is 18.2 Å². The van der Waals surface area contributed by atoms with Crippen LogP contribution in [0.3, 0.4) is 0 Å². The Morgan fingerprint density at radius 1 is 0.955 bits per heavy atom. The van der Waals surface area contributed by atoms with Gasteiger partial charge in [0.25, 0.3) is 5.91 Å². The Kier molecular flexibility index (Phi) is 6.37. The Morgan fingerprint density at radius 3 is 2.32 bits per heavy atom. The maximum absolute atomic E-state index is 11.7. The molecule has 0 saturated carbocycles. The van der Waals surface area contributed by atoms with Gasteiger partial charge < -0.3 is 14.8 Å². The number of nitrogens with one attached hydrogen (secondary N) is 1. The molecular formula is C16H15Cl2NO3. The first-order valence-electron chi connectivity index (χ1n) is 6.68. The van der Waals surface area contributed by atoms with E-state index in [1.165, 1.54) is 0 Å². The number of carbonyl (C=O) groups is 1. The Bertz CT molecular complexity index is 600. The molecule has 0 aliphatic carbocycles. The van der Waals surface area contributed by atoms with Gasteiger partial charge in [0.2, 0.25) is 0 Å². The van der Waals surface area contributed by atoms with E-state index in [2.05, 4.69) is 5.32 Å². The standard InChI is InChI=1S/C16H15Cl2NO3/c17-13-7-4-8-14(18)16(13)22-11-15(20)19-9-10-21-12-5-2-1-3-6-12/h1-8H,9-11H2,(H,19,20). The van der Waals surface area contributed by atoms with Crippen LogP contribution in [0.1, 0.15) is 0 Å². The predicted octanol–water partition coefficient (Wildman–Crippen LogP) is 3.57. The normalized spacial score (nSPS) is 10.1. The van der Waals surface area contributed by atoms with Crippen molar-refractivity contribution in [3.05, 3.63) is 58.6 Å². The molecule has 0 heterocycles. The maximum Gasteiger partial charge on any atom is 0.258 e. The first-order valence-corrected chi connectivity index (χ1v) is 7.44. The van der Waals surface area contributed by atoms with Gasteiger partial charge in [-0.25, -0.2) is 0 Å². The summed E-state index contributed by atoms with van der Waals surface area (Å²) in [6.07, 6.45) is 0. The number of benzene rings is 2. The second-order valence-electron chi connectivity index (χ2n) is 4.35. The van der Waals surface area contributed by atoms with Crippen LogP contribution < -0.4 is 14.8 Å². The van der Waals surface area contributed by atoms with Gasteiger partial charge >= 0.3 is 0 Å². The van der Waals surface area contributed by atoms with Crippen molar-refractivity contribution in [2.75, 3.05) is 19.8 Å². The molecule has 6 heteroatoms. The van der Waals surface area contributed by atoms with Crippen molar-refractivity contribution in [3.63, 3.8) is 0 Å². The number of amides is 1. The zero-order valence-corrected chi connectivity index (χ0v) is 13.2. The third-order valence-corrected chi connectivity index (χ3v) is 3.30. The molecule has 0 aliphatic rings. The van der Waals surface area contributed by atoms with Gasteiger partial charge in [0.05, 0.1) is 16.6 Å². The van der Waals surface area contributed by atoms with Gasteiger partial charge in [-0.05, 0) is 24.3 Å². The van der Waals surface area contributed by atoms with Gasteiger partial charge in [0.15, 0.2) is 12.4 Å². The predicted molar refractivity (Wildman–Crippen MR) is 86.9 cm³/mol. The largest absolute Gasteiger partial charge is 0.492 e. The molecule has 0 spiro atoms. The van der Waals surface area contributed by atoms with Crippen LogP contribution in [0.2, 0.25) is 10.0 Å². The zero-order valence-electron chi connectivity index (χ0n) is 11.7. The lowest BCUT2D eigenvalue weighted by atomic mass is 10.3. The van der Waals surface area contributed by atoms with Crippen LogP contribution in [-0.4, -0.2) is 25.7 Å². The molecule has 1 N–H and O–H groups in total. The molecule has 116 valence electrons. The fraction of sp³-hybridized carbons (Fsp3) is 0.188. The lowest BCUT2D eigenvalue weighted by Gasteiger charge is -2.10. The second kappa shape index (κ2) is 8.51. The van der Waals surface area contributed by atoms with Crippen molar-refractivity contribution in [2.24, 2.45) is 0 Å². The van der Waals surface area contributed by atoms with Crippen molar-refractivity contribution in [2.45, 2.75) is 0 Å². The number of para-hydroxylation sites is 2. The second-order valence-corrected chi connectivity index (χ2v) is 5.17. The van der Waals surface area contributed by atoms with E-state index in [1.807, 2.05) is 30.3 Å². The van der Waals surface area contributed by atoms with E-state index >= 15 is 0 Å². The monoisotopic (exact) mass is 339 g/mol. The number of halogens is 2. The van der Waals surface area contributed by atoms with Crippen LogP contribution in [0.5, 0.6) is 11.5 Å². The summed E-state index contributed by atoms with van der Waals surface area (Å²) >= 11 is 11.9. The van der Waals surface area contributed by atoms with Crippen molar-refractivity contribution in [1.82, 2.24) is 5.32 Å². The molecule has 2 aromatic rings. The van der Waals surface area contributed by atoms with Crippen molar-refractivity contribution in [3.8, 4) is 11.5 Å². The number of rotatable bonds is 7. The molecule has 4 nitrogen and oxygen atoms in total. The fourth-order valence-corrected chi connectivity index (χ4v) is 2.19. The third-order valence-electron chi connectivity index (χ3n) is 2.70. The van der Waals surface area contributed by atoms with E-state index in [0.717, 1.165) is 5.75 Å². The molecule has 0 unspecified atom stereocenters. The molecule has 0 atom stereocenters. The van der Waals surface area contributed by atoms with E-state index < -0.39 is 0 Å². The van der Waals surface area contributed by atoms with Crippen LogP contribution in [-0.2, 0) is 4.79 Å². The first-order chi connectivity index (χ1) is 10.7. The van der Waals surface area contributed by atoms with Gasteiger partial charge in [0.1, 0.15) is 12.4 Å². The number of carbonyl (C=O) groups excluding carboxylic acids is 1. The Labute approximate surface area is 138 Å². The molecule has 0 bridgehead atoms. The minimum atomic E-state index is -0.271. The van der Waals surface area contributed by atoms with E-state index in [-0.39, 0.29) is 12.5 Å². The summed E-state index contributed by atoms with van der Waals surface area (Å²) in [5.74, 6) is 0.796. The number of ether oxygens (including phenoxy) is 2. The molecule has 2 rings (SSSR count). The van der Waals surface area contributed by atoms with Crippen LogP contribution in [0.15, 0.2) is 48.5 Å². The smallest absolute Gasteiger partial charge is 0.258 e. The minimum Gasteiger partial charge on any atom is -0.492 e. The summed E-state index contributed by atoms with van der Waals surface area (Å²) in [7, 11) is 0.